The van der Waals surface area contributed by atoms with E-state index in [1.54, 1.807) is 0 Å². The van der Waals surface area contributed by atoms with E-state index in [0.717, 1.165) is 56.9 Å². The summed E-state index contributed by atoms with van der Waals surface area (Å²) in [5.41, 5.74) is 5.82. The number of anilines is 2. The number of rotatable bonds is 4. The van der Waals surface area contributed by atoms with E-state index in [2.05, 4.69) is 75.4 Å². The monoisotopic (exact) mass is 400 g/mol. The van der Waals surface area contributed by atoms with Crippen LogP contribution in [0.5, 0.6) is 0 Å². The molecular formula is C25H28N4O. The quantitative estimate of drug-likeness (QED) is 0.627. The lowest BCUT2D eigenvalue weighted by atomic mass is 10.1. The molecule has 2 aliphatic rings. The van der Waals surface area contributed by atoms with Crippen LogP contribution in [0.2, 0.25) is 0 Å². The highest BCUT2D eigenvalue weighted by molar-refractivity contribution is 5.83. The lowest BCUT2D eigenvalue weighted by Gasteiger charge is -2.43. The topological polar surface area (TPSA) is 31.7 Å². The second-order valence-corrected chi connectivity index (χ2v) is 8.39. The molecule has 0 N–H and O–H groups in total. The maximum Gasteiger partial charge on any atom is 0.168 e. The van der Waals surface area contributed by atoms with Gasteiger partial charge in [0, 0.05) is 58.2 Å². The molecular weight excluding hydrogens is 372 g/mol. The number of para-hydroxylation sites is 1. The molecule has 30 heavy (non-hydrogen) atoms. The number of hydrogen-bond donors (Lipinski definition) is 0. The molecule has 0 amide bonds. The number of hydrogen-bond acceptors (Lipinski definition) is 4. The van der Waals surface area contributed by atoms with Gasteiger partial charge in [0.1, 0.15) is 5.69 Å². The van der Waals surface area contributed by atoms with Gasteiger partial charge in [0.15, 0.2) is 6.29 Å². The van der Waals surface area contributed by atoms with E-state index in [-0.39, 0.29) is 0 Å². The Kier molecular flexibility index (Phi) is 5.05. The van der Waals surface area contributed by atoms with Gasteiger partial charge >= 0.3 is 0 Å². The number of aldehydes is 1. The molecule has 0 spiro atoms. The SMILES string of the molecule is Cn1ccc(N2Cc3ccccc3N3CCN(Cc4ccccc4)CC3C2)c1C=O. The van der Waals surface area contributed by atoms with Crippen LogP contribution in [-0.4, -0.2) is 48.0 Å². The zero-order valence-corrected chi connectivity index (χ0v) is 17.4. The predicted molar refractivity (Wildman–Crippen MR) is 121 cm³/mol. The van der Waals surface area contributed by atoms with E-state index in [1.807, 2.05) is 17.8 Å². The normalized spacial score (nSPS) is 19.2. The van der Waals surface area contributed by atoms with E-state index in [9.17, 15) is 4.79 Å². The van der Waals surface area contributed by atoms with Crippen molar-refractivity contribution in [2.75, 3.05) is 36.0 Å². The number of aryl methyl sites for hydroxylation is 1. The van der Waals surface area contributed by atoms with Crippen LogP contribution >= 0.6 is 0 Å². The van der Waals surface area contributed by atoms with Crippen LogP contribution in [0.1, 0.15) is 21.6 Å². The van der Waals surface area contributed by atoms with Crippen molar-refractivity contribution in [3.05, 3.63) is 83.7 Å². The Morgan fingerprint density at radius 3 is 2.57 bits per heavy atom. The Hall–Kier alpha value is -3.05. The van der Waals surface area contributed by atoms with E-state index >= 15 is 0 Å². The minimum absolute atomic E-state index is 0.380. The number of carbonyl (C=O) groups excluding carboxylic acids is 1. The van der Waals surface area contributed by atoms with Gasteiger partial charge in [-0.3, -0.25) is 9.69 Å². The van der Waals surface area contributed by atoms with Gasteiger partial charge < -0.3 is 14.4 Å². The summed E-state index contributed by atoms with van der Waals surface area (Å²) in [6, 6.07) is 21.9. The largest absolute Gasteiger partial charge is 0.364 e. The summed E-state index contributed by atoms with van der Waals surface area (Å²) in [5.74, 6) is 0. The molecule has 0 aliphatic carbocycles. The molecule has 3 aromatic rings. The Morgan fingerprint density at radius 1 is 0.933 bits per heavy atom. The molecule has 5 nitrogen and oxygen atoms in total. The molecule has 1 unspecified atom stereocenters. The van der Waals surface area contributed by atoms with Crippen LogP contribution in [-0.2, 0) is 20.1 Å². The number of carbonyl (C=O) groups is 1. The Morgan fingerprint density at radius 2 is 1.73 bits per heavy atom. The molecule has 5 heteroatoms. The number of aromatic nitrogens is 1. The van der Waals surface area contributed by atoms with Crippen LogP contribution in [0.4, 0.5) is 11.4 Å². The summed E-state index contributed by atoms with van der Waals surface area (Å²) in [6.07, 6.45) is 2.96. The Bertz CT molecular complexity index is 1030. The highest BCUT2D eigenvalue weighted by atomic mass is 16.1. The van der Waals surface area contributed by atoms with Gasteiger partial charge in [0.2, 0.25) is 0 Å². The lowest BCUT2D eigenvalue weighted by molar-refractivity contribution is 0.111. The van der Waals surface area contributed by atoms with Gasteiger partial charge in [0.25, 0.3) is 0 Å². The third-order valence-corrected chi connectivity index (χ3v) is 6.46. The molecule has 0 saturated carbocycles. The number of fused-ring (bicyclic) bond motifs is 3. The van der Waals surface area contributed by atoms with Crippen LogP contribution in [0.15, 0.2) is 66.9 Å². The summed E-state index contributed by atoms with van der Waals surface area (Å²) >= 11 is 0. The van der Waals surface area contributed by atoms with Gasteiger partial charge in [-0.15, -0.1) is 0 Å². The Labute approximate surface area is 178 Å². The van der Waals surface area contributed by atoms with Gasteiger partial charge in [0.05, 0.1) is 11.7 Å². The second-order valence-electron chi connectivity index (χ2n) is 8.39. The Balaban J connectivity index is 1.45. The molecule has 0 radical (unpaired) electrons. The zero-order chi connectivity index (χ0) is 20.5. The average molecular weight is 401 g/mol. The van der Waals surface area contributed by atoms with Crippen molar-refractivity contribution in [1.29, 1.82) is 0 Å². The molecule has 2 aliphatic heterocycles. The third kappa shape index (κ3) is 3.50. The first-order valence-corrected chi connectivity index (χ1v) is 10.7. The molecule has 1 aromatic heterocycles. The molecule has 3 heterocycles. The summed E-state index contributed by atoms with van der Waals surface area (Å²) in [5, 5.41) is 0. The number of nitrogens with zero attached hydrogens (tertiary/aromatic N) is 4. The van der Waals surface area contributed by atoms with Gasteiger partial charge in [-0.05, 0) is 23.3 Å². The standard InChI is InChI=1S/C25H28N4O/c1-26-12-11-24(25(26)19-30)28-16-21-9-5-6-10-23(21)29-14-13-27(17-22(29)18-28)15-20-7-3-2-4-8-20/h2-12,19,22H,13-18H2,1H3. The fourth-order valence-corrected chi connectivity index (χ4v) is 4.95. The summed E-state index contributed by atoms with van der Waals surface area (Å²) in [4.78, 5) is 19.3. The first kappa shape index (κ1) is 18.9. The van der Waals surface area contributed by atoms with Crippen molar-refractivity contribution in [3.63, 3.8) is 0 Å². The third-order valence-electron chi connectivity index (χ3n) is 6.46. The molecule has 154 valence electrons. The van der Waals surface area contributed by atoms with E-state index in [1.165, 1.54) is 16.8 Å². The summed E-state index contributed by atoms with van der Waals surface area (Å²) in [7, 11) is 1.94. The van der Waals surface area contributed by atoms with Crippen LogP contribution in [0.25, 0.3) is 0 Å². The van der Waals surface area contributed by atoms with E-state index in [4.69, 9.17) is 0 Å². The first-order valence-electron chi connectivity index (χ1n) is 10.7. The molecule has 5 rings (SSSR count). The van der Waals surface area contributed by atoms with E-state index < -0.39 is 0 Å². The van der Waals surface area contributed by atoms with Crippen molar-refractivity contribution in [1.82, 2.24) is 9.47 Å². The highest BCUT2D eigenvalue weighted by Gasteiger charge is 2.33. The predicted octanol–water partition coefficient (Wildman–Crippen LogP) is 3.55. The zero-order valence-electron chi connectivity index (χ0n) is 17.4. The van der Waals surface area contributed by atoms with Gasteiger partial charge in [-0.25, -0.2) is 0 Å². The molecule has 0 bridgehead atoms. The minimum atomic E-state index is 0.380. The van der Waals surface area contributed by atoms with Crippen LogP contribution in [0, 0.1) is 0 Å². The average Bonchev–Trinajstić information content (AvgIpc) is 3.06. The smallest absolute Gasteiger partial charge is 0.168 e. The van der Waals surface area contributed by atoms with Crippen molar-refractivity contribution < 1.29 is 4.79 Å². The molecule has 1 fully saturated rings. The molecule has 2 aromatic carbocycles. The van der Waals surface area contributed by atoms with Crippen molar-refractivity contribution in [2.45, 2.75) is 19.1 Å². The van der Waals surface area contributed by atoms with Crippen molar-refractivity contribution in [2.24, 2.45) is 7.05 Å². The number of benzene rings is 2. The van der Waals surface area contributed by atoms with Crippen LogP contribution in [0.3, 0.4) is 0 Å². The van der Waals surface area contributed by atoms with E-state index in [0.29, 0.717) is 6.04 Å². The molecule has 1 atom stereocenters. The lowest BCUT2D eigenvalue weighted by Crippen LogP contribution is -2.56. The summed E-state index contributed by atoms with van der Waals surface area (Å²) in [6.45, 7) is 5.82. The van der Waals surface area contributed by atoms with Gasteiger partial charge in [-0.1, -0.05) is 48.5 Å². The summed E-state index contributed by atoms with van der Waals surface area (Å²) < 4.78 is 1.92. The first-order chi connectivity index (χ1) is 14.7. The second kappa shape index (κ2) is 8.00. The minimum Gasteiger partial charge on any atom is -0.364 e. The fraction of sp³-hybridized carbons (Fsp3) is 0.320. The maximum absolute atomic E-state index is 11.8. The van der Waals surface area contributed by atoms with Gasteiger partial charge in [-0.2, -0.15) is 0 Å². The number of piperazine rings is 1. The fourth-order valence-electron chi connectivity index (χ4n) is 4.95. The van der Waals surface area contributed by atoms with Crippen LogP contribution < -0.4 is 9.80 Å². The van der Waals surface area contributed by atoms with Crippen molar-refractivity contribution >= 4 is 17.7 Å². The maximum atomic E-state index is 11.8. The highest BCUT2D eigenvalue weighted by Crippen LogP contribution is 2.33. The molecule has 1 saturated heterocycles. The van der Waals surface area contributed by atoms with Crippen molar-refractivity contribution in [3.8, 4) is 0 Å².